The van der Waals surface area contributed by atoms with Gasteiger partial charge in [-0.15, -0.1) is 5.10 Å². The molecule has 0 aliphatic heterocycles. The van der Waals surface area contributed by atoms with Gasteiger partial charge in [0.2, 0.25) is 0 Å². The summed E-state index contributed by atoms with van der Waals surface area (Å²) in [5, 5.41) is 10.1. The molecule has 7 nitrogen and oxygen atoms in total. The van der Waals surface area contributed by atoms with Gasteiger partial charge in [0.1, 0.15) is 5.69 Å². The molecule has 2 heterocycles. The normalized spacial score (nSPS) is 10.3. The van der Waals surface area contributed by atoms with Crippen molar-refractivity contribution in [3.05, 3.63) is 59.8 Å². The molecule has 3 aromatic rings. The van der Waals surface area contributed by atoms with Crippen LogP contribution in [0.3, 0.4) is 0 Å². The number of nitrogens with one attached hydrogen (secondary N) is 1. The number of aromatic nitrogens is 3. The fourth-order valence-electron chi connectivity index (χ4n) is 1.89. The fraction of sp³-hybridized carbons (Fsp3) is 0.0625. The summed E-state index contributed by atoms with van der Waals surface area (Å²) in [6.07, 6.45) is 1.61. The lowest BCUT2D eigenvalue weighted by atomic mass is 10.1. The minimum Gasteiger partial charge on any atom is -0.401 e. The second kappa shape index (κ2) is 6.18. The Morgan fingerprint density at radius 2 is 1.74 bits per heavy atom. The fourth-order valence-corrected chi connectivity index (χ4v) is 1.89. The Balaban J connectivity index is 1.73. The van der Waals surface area contributed by atoms with Gasteiger partial charge in [-0.05, 0) is 31.2 Å². The maximum Gasteiger partial charge on any atom is 0.322 e. The van der Waals surface area contributed by atoms with Crippen molar-refractivity contribution in [3.8, 4) is 11.6 Å². The predicted octanol–water partition coefficient (Wildman–Crippen LogP) is 2.59. The quantitative estimate of drug-likeness (QED) is 0.744. The van der Waals surface area contributed by atoms with Crippen LogP contribution in [0.1, 0.15) is 27.6 Å². The Bertz CT molecular complexity index is 841. The minimum atomic E-state index is -0.406. The lowest BCUT2D eigenvalue weighted by Crippen LogP contribution is -2.12. The molecule has 1 amide bonds. The molecular weight excluding hydrogens is 296 g/mol. The lowest BCUT2D eigenvalue weighted by Gasteiger charge is -2.01. The van der Waals surface area contributed by atoms with Crippen LogP contribution in [0.15, 0.2) is 53.1 Å². The Hall–Kier alpha value is -3.35. The first-order valence-corrected chi connectivity index (χ1v) is 6.81. The topological polar surface area (TPSA) is 98.0 Å². The lowest BCUT2D eigenvalue weighted by molar-refractivity contribution is 0.100. The number of benzene rings is 1. The van der Waals surface area contributed by atoms with Crippen LogP contribution in [0.2, 0.25) is 0 Å². The number of amides is 1. The third-order valence-corrected chi connectivity index (χ3v) is 3.08. The van der Waals surface area contributed by atoms with Gasteiger partial charge in [0, 0.05) is 17.3 Å². The molecule has 0 saturated heterocycles. The number of carbonyl (C=O) groups excluding carboxylic acids is 2. The highest BCUT2D eigenvalue weighted by molar-refractivity contribution is 6.04. The van der Waals surface area contributed by atoms with Gasteiger partial charge in [-0.2, -0.15) is 0 Å². The average molecular weight is 308 g/mol. The summed E-state index contributed by atoms with van der Waals surface area (Å²) < 4.78 is 5.35. The van der Waals surface area contributed by atoms with Crippen molar-refractivity contribution < 1.29 is 14.0 Å². The highest BCUT2D eigenvalue weighted by Crippen LogP contribution is 2.17. The Kier molecular flexibility index (Phi) is 3.92. The predicted molar refractivity (Wildman–Crippen MR) is 81.9 cm³/mol. The van der Waals surface area contributed by atoms with Crippen molar-refractivity contribution in [1.29, 1.82) is 0 Å². The molecule has 1 aromatic carbocycles. The van der Waals surface area contributed by atoms with Crippen LogP contribution >= 0.6 is 0 Å². The van der Waals surface area contributed by atoms with Gasteiger partial charge in [-0.1, -0.05) is 23.3 Å². The summed E-state index contributed by atoms with van der Waals surface area (Å²) in [4.78, 5) is 27.4. The average Bonchev–Trinajstić information content (AvgIpc) is 3.04. The van der Waals surface area contributed by atoms with Crippen molar-refractivity contribution in [2.45, 2.75) is 6.92 Å². The van der Waals surface area contributed by atoms with E-state index < -0.39 is 5.91 Å². The number of nitrogens with zero attached hydrogens (tertiary/aromatic N) is 3. The Labute approximate surface area is 131 Å². The first-order chi connectivity index (χ1) is 11.1. The van der Waals surface area contributed by atoms with Crippen molar-refractivity contribution in [2.75, 3.05) is 5.32 Å². The van der Waals surface area contributed by atoms with E-state index in [1.54, 1.807) is 48.7 Å². The molecule has 2 aromatic heterocycles. The molecule has 0 spiro atoms. The maximum absolute atomic E-state index is 12.1. The zero-order valence-electron chi connectivity index (χ0n) is 12.2. The van der Waals surface area contributed by atoms with Gasteiger partial charge in [0.25, 0.3) is 11.8 Å². The molecule has 23 heavy (non-hydrogen) atoms. The summed E-state index contributed by atoms with van der Waals surface area (Å²) >= 11 is 0. The van der Waals surface area contributed by atoms with Crippen LogP contribution in [-0.2, 0) is 0 Å². The van der Waals surface area contributed by atoms with Crippen LogP contribution in [-0.4, -0.2) is 26.9 Å². The monoisotopic (exact) mass is 308 g/mol. The van der Waals surface area contributed by atoms with Crippen molar-refractivity contribution in [1.82, 2.24) is 15.2 Å². The summed E-state index contributed by atoms with van der Waals surface area (Å²) in [5.74, 6) is -0.252. The van der Waals surface area contributed by atoms with Crippen LogP contribution in [0.25, 0.3) is 11.6 Å². The number of pyridine rings is 1. The molecule has 0 bridgehead atoms. The number of carbonyl (C=O) groups is 2. The van der Waals surface area contributed by atoms with E-state index in [-0.39, 0.29) is 17.7 Å². The number of hydrogen-bond donors (Lipinski definition) is 1. The molecule has 7 heteroatoms. The van der Waals surface area contributed by atoms with E-state index in [9.17, 15) is 9.59 Å². The van der Waals surface area contributed by atoms with E-state index >= 15 is 0 Å². The zero-order valence-corrected chi connectivity index (χ0v) is 12.2. The molecule has 0 unspecified atom stereocenters. The standard InChI is InChI=1S/C16H12N4O3/c1-10(21)11-5-7-12(8-6-11)14(22)18-16-20-19-15(23-16)13-4-2-3-9-17-13/h2-9H,1H3,(H,18,20,22). The third kappa shape index (κ3) is 3.29. The van der Waals surface area contributed by atoms with Crippen molar-refractivity contribution in [2.24, 2.45) is 0 Å². The number of Topliss-reactive ketones (excluding diaryl/α,β-unsaturated/α-hetero) is 1. The molecule has 0 aliphatic carbocycles. The second-order valence-corrected chi connectivity index (χ2v) is 4.72. The van der Waals surface area contributed by atoms with Crippen LogP contribution in [0, 0.1) is 0 Å². The number of anilines is 1. The van der Waals surface area contributed by atoms with Crippen molar-refractivity contribution >= 4 is 17.7 Å². The first kappa shape index (κ1) is 14.6. The van der Waals surface area contributed by atoms with Gasteiger partial charge in [-0.25, -0.2) is 0 Å². The summed E-state index contributed by atoms with van der Waals surface area (Å²) in [6, 6.07) is 11.6. The van der Waals surface area contributed by atoms with E-state index in [0.717, 1.165) is 0 Å². The molecule has 0 aliphatic rings. The number of hydrogen-bond acceptors (Lipinski definition) is 6. The Morgan fingerprint density at radius 1 is 1.00 bits per heavy atom. The van der Waals surface area contributed by atoms with Crippen LogP contribution in [0.5, 0.6) is 0 Å². The van der Waals surface area contributed by atoms with Gasteiger partial charge < -0.3 is 4.42 Å². The molecule has 0 saturated carbocycles. The molecule has 0 atom stereocenters. The highest BCUT2D eigenvalue weighted by Gasteiger charge is 2.13. The minimum absolute atomic E-state index is 0.0219. The van der Waals surface area contributed by atoms with Crippen LogP contribution < -0.4 is 5.32 Å². The summed E-state index contributed by atoms with van der Waals surface area (Å²) in [7, 11) is 0. The molecule has 114 valence electrons. The molecule has 0 fully saturated rings. The van der Waals surface area contributed by atoms with E-state index in [0.29, 0.717) is 16.8 Å². The maximum atomic E-state index is 12.1. The molecular formula is C16H12N4O3. The molecule has 1 N–H and O–H groups in total. The number of rotatable bonds is 4. The van der Waals surface area contributed by atoms with E-state index in [1.807, 2.05) is 0 Å². The van der Waals surface area contributed by atoms with Crippen LogP contribution in [0.4, 0.5) is 6.01 Å². The summed E-state index contributed by atoms with van der Waals surface area (Å²) in [5.41, 5.74) is 1.44. The molecule has 3 rings (SSSR count). The zero-order chi connectivity index (χ0) is 16.2. The van der Waals surface area contributed by atoms with Crippen molar-refractivity contribution in [3.63, 3.8) is 0 Å². The highest BCUT2D eigenvalue weighted by atomic mass is 16.4. The number of ketones is 1. The van der Waals surface area contributed by atoms with Gasteiger partial charge in [0.15, 0.2) is 5.78 Å². The Morgan fingerprint density at radius 3 is 2.39 bits per heavy atom. The third-order valence-electron chi connectivity index (χ3n) is 3.08. The van der Waals surface area contributed by atoms with Gasteiger partial charge in [-0.3, -0.25) is 19.9 Å². The van der Waals surface area contributed by atoms with E-state index in [2.05, 4.69) is 20.5 Å². The van der Waals surface area contributed by atoms with Gasteiger partial charge in [0.05, 0.1) is 0 Å². The molecule has 0 radical (unpaired) electrons. The SMILES string of the molecule is CC(=O)c1ccc(C(=O)Nc2nnc(-c3ccccn3)o2)cc1. The second-order valence-electron chi connectivity index (χ2n) is 4.72. The summed E-state index contributed by atoms with van der Waals surface area (Å²) in [6.45, 7) is 1.46. The van der Waals surface area contributed by atoms with E-state index in [1.165, 1.54) is 6.92 Å². The first-order valence-electron chi connectivity index (χ1n) is 6.81. The van der Waals surface area contributed by atoms with Gasteiger partial charge >= 0.3 is 6.01 Å². The van der Waals surface area contributed by atoms with E-state index in [4.69, 9.17) is 4.42 Å². The smallest absolute Gasteiger partial charge is 0.322 e. The largest absolute Gasteiger partial charge is 0.401 e.